The van der Waals surface area contributed by atoms with E-state index >= 15 is 0 Å². The fourth-order valence-electron chi connectivity index (χ4n) is 2.38. The van der Waals surface area contributed by atoms with Crippen molar-refractivity contribution >= 4 is 33.1 Å². The van der Waals surface area contributed by atoms with Crippen LogP contribution in [0.4, 0.5) is 5.69 Å². The minimum absolute atomic E-state index is 0.135. The summed E-state index contributed by atoms with van der Waals surface area (Å²) in [5.74, 6) is 0.415. The lowest BCUT2D eigenvalue weighted by molar-refractivity contribution is 0.0996. The van der Waals surface area contributed by atoms with Crippen molar-refractivity contribution in [1.29, 1.82) is 0 Å². The molecule has 1 amide bonds. The highest BCUT2D eigenvalue weighted by Gasteiger charge is 2.22. The van der Waals surface area contributed by atoms with Gasteiger partial charge >= 0.3 is 0 Å². The van der Waals surface area contributed by atoms with E-state index in [2.05, 4.69) is 9.97 Å². The molecule has 112 valence electrons. The molecule has 0 aliphatic carbocycles. The summed E-state index contributed by atoms with van der Waals surface area (Å²) >= 11 is 1.26. The third kappa shape index (κ3) is 2.31. The summed E-state index contributed by atoms with van der Waals surface area (Å²) in [7, 11) is 1.73. The lowest BCUT2D eigenvalue weighted by Gasteiger charge is -2.16. The Balaban J connectivity index is 2.11. The maximum absolute atomic E-state index is 12.7. The quantitative estimate of drug-likeness (QED) is 0.791. The maximum Gasteiger partial charge on any atom is 0.268 e. The van der Waals surface area contributed by atoms with Crippen LogP contribution in [0.15, 0.2) is 35.1 Å². The molecule has 3 rings (SSSR count). The number of hydrogen-bond acceptors (Lipinski definition) is 4. The van der Waals surface area contributed by atoms with E-state index in [1.807, 2.05) is 30.3 Å². The van der Waals surface area contributed by atoms with Crippen LogP contribution in [0.2, 0.25) is 0 Å². The van der Waals surface area contributed by atoms with Crippen LogP contribution < -0.4 is 10.5 Å². The van der Waals surface area contributed by atoms with E-state index in [-0.39, 0.29) is 11.5 Å². The van der Waals surface area contributed by atoms with Crippen LogP contribution in [-0.2, 0) is 0 Å². The van der Waals surface area contributed by atoms with Crippen LogP contribution in [-0.4, -0.2) is 22.9 Å². The number of carbonyl (C=O) groups is 1. The van der Waals surface area contributed by atoms with Crippen molar-refractivity contribution in [2.45, 2.75) is 13.8 Å². The van der Waals surface area contributed by atoms with Gasteiger partial charge in [0.15, 0.2) is 0 Å². The maximum atomic E-state index is 12.7. The second-order valence-electron chi connectivity index (χ2n) is 5.09. The Hall–Kier alpha value is -2.47. The number of benzene rings is 1. The number of rotatable bonds is 2. The second kappa shape index (κ2) is 5.38. The molecule has 0 atom stereocenters. The number of anilines is 1. The SMILES string of the molecule is Cc1nc2sc(C(=O)N(C)c3ccccc3)c(C)c2c(=O)[nH]1. The Morgan fingerprint density at radius 3 is 2.59 bits per heavy atom. The van der Waals surface area contributed by atoms with Crippen molar-refractivity contribution < 1.29 is 4.79 Å². The summed E-state index contributed by atoms with van der Waals surface area (Å²) in [5.41, 5.74) is 1.29. The van der Waals surface area contributed by atoms with Crippen LogP contribution in [0.3, 0.4) is 0 Å². The number of nitrogens with one attached hydrogen (secondary N) is 1. The Kier molecular flexibility index (Phi) is 3.54. The van der Waals surface area contributed by atoms with E-state index in [9.17, 15) is 9.59 Å². The van der Waals surface area contributed by atoms with Crippen molar-refractivity contribution in [1.82, 2.24) is 9.97 Å². The molecule has 2 heterocycles. The highest BCUT2D eigenvalue weighted by molar-refractivity contribution is 7.20. The molecule has 0 fully saturated rings. The Morgan fingerprint density at radius 1 is 1.23 bits per heavy atom. The largest absolute Gasteiger partial charge is 0.311 e. The predicted octanol–water partition coefficient (Wildman–Crippen LogP) is 2.88. The highest BCUT2D eigenvalue weighted by Crippen LogP contribution is 2.29. The summed E-state index contributed by atoms with van der Waals surface area (Å²) < 4.78 is 0. The molecule has 0 aliphatic heterocycles. The number of carbonyl (C=O) groups excluding carboxylic acids is 1. The molecule has 0 unspecified atom stereocenters. The van der Waals surface area contributed by atoms with Crippen molar-refractivity contribution in [2.24, 2.45) is 0 Å². The molecule has 2 aromatic heterocycles. The van der Waals surface area contributed by atoms with Gasteiger partial charge in [-0.1, -0.05) is 18.2 Å². The molecule has 0 spiro atoms. The number of hydrogen-bond donors (Lipinski definition) is 1. The molecule has 1 aromatic carbocycles. The molecule has 1 N–H and O–H groups in total. The molecule has 22 heavy (non-hydrogen) atoms. The molecule has 3 aromatic rings. The van der Waals surface area contributed by atoms with E-state index in [1.54, 1.807) is 25.8 Å². The number of para-hydroxylation sites is 1. The zero-order valence-corrected chi connectivity index (χ0v) is 13.3. The molecule has 0 aliphatic rings. The average molecular weight is 313 g/mol. The van der Waals surface area contributed by atoms with E-state index < -0.39 is 0 Å². The van der Waals surface area contributed by atoms with E-state index in [4.69, 9.17) is 0 Å². The lowest BCUT2D eigenvalue weighted by atomic mass is 10.2. The van der Waals surface area contributed by atoms with Crippen LogP contribution in [0.1, 0.15) is 21.1 Å². The third-order valence-electron chi connectivity index (χ3n) is 3.56. The van der Waals surface area contributed by atoms with Gasteiger partial charge in [0.25, 0.3) is 11.5 Å². The van der Waals surface area contributed by atoms with Crippen molar-refractivity contribution in [3.63, 3.8) is 0 Å². The fourth-order valence-corrected chi connectivity index (χ4v) is 3.58. The first-order valence-corrected chi connectivity index (χ1v) is 7.64. The number of nitrogens with zero attached hydrogens (tertiary/aromatic N) is 2. The summed E-state index contributed by atoms with van der Waals surface area (Å²) in [4.78, 5) is 34.5. The molecule has 0 radical (unpaired) electrons. The van der Waals surface area contributed by atoms with Crippen LogP contribution >= 0.6 is 11.3 Å². The average Bonchev–Trinajstić information content (AvgIpc) is 2.83. The molecule has 5 nitrogen and oxygen atoms in total. The summed E-state index contributed by atoms with van der Waals surface area (Å²) in [5, 5.41) is 0.500. The smallest absolute Gasteiger partial charge is 0.268 e. The molecular weight excluding hydrogens is 298 g/mol. The van der Waals surface area contributed by atoms with Crippen molar-refractivity contribution in [3.8, 4) is 0 Å². The van der Waals surface area contributed by atoms with Crippen LogP contribution in [0.5, 0.6) is 0 Å². The zero-order chi connectivity index (χ0) is 15.9. The molecular formula is C16H15N3O2S. The Morgan fingerprint density at radius 2 is 1.91 bits per heavy atom. The molecule has 0 saturated carbocycles. The monoisotopic (exact) mass is 313 g/mol. The summed E-state index contributed by atoms with van der Waals surface area (Å²) in [6, 6.07) is 9.41. The number of aromatic amines is 1. The van der Waals surface area contributed by atoms with Gasteiger partial charge in [-0.2, -0.15) is 0 Å². The van der Waals surface area contributed by atoms with Gasteiger partial charge in [0.2, 0.25) is 0 Å². The number of fused-ring (bicyclic) bond motifs is 1. The van der Waals surface area contributed by atoms with Gasteiger partial charge in [0, 0.05) is 12.7 Å². The summed E-state index contributed by atoms with van der Waals surface area (Å²) in [6.07, 6.45) is 0. The number of aryl methyl sites for hydroxylation is 2. The van der Waals surface area contributed by atoms with Gasteiger partial charge in [-0.05, 0) is 31.5 Å². The number of amides is 1. The van der Waals surface area contributed by atoms with Gasteiger partial charge < -0.3 is 9.88 Å². The van der Waals surface area contributed by atoms with Crippen molar-refractivity contribution in [2.75, 3.05) is 11.9 Å². The normalized spacial score (nSPS) is 10.9. The van der Waals surface area contributed by atoms with Gasteiger partial charge in [0.05, 0.1) is 10.3 Å². The molecule has 0 bridgehead atoms. The zero-order valence-electron chi connectivity index (χ0n) is 12.5. The van der Waals surface area contributed by atoms with E-state index in [0.29, 0.717) is 26.5 Å². The van der Waals surface area contributed by atoms with Gasteiger partial charge in [-0.15, -0.1) is 11.3 Å². The van der Waals surface area contributed by atoms with Gasteiger partial charge in [0.1, 0.15) is 10.7 Å². The number of thiophene rings is 1. The second-order valence-corrected chi connectivity index (χ2v) is 6.09. The minimum atomic E-state index is -0.197. The van der Waals surface area contributed by atoms with E-state index in [1.165, 1.54) is 11.3 Å². The highest BCUT2D eigenvalue weighted by atomic mass is 32.1. The molecule has 0 saturated heterocycles. The van der Waals surface area contributed by atoms with Gasteiger partial charge in [-0.25, -0.2) is 4.98 Å². The number of H-pyrrole nitrogens is 1. The topological polar surface area (TPSA) is 66.1 Å². The van der Waals surface area contributed by atoms with Crippen LogP contribution in [0, 0.1) is 13.8 Å². The first-order valence-electron chi connectivity index (χ1n) is 6.82. The van der Waals surface area contributed by atoms with Crippen molar-refractivity contribution in [3.05, 3.63) is 57.0 Å². The molecule has 6 heteroatoms. The Bertz CT molecular complexity index is 912. The van der Waals surface area contributed by atoms with Crippen LogP contribution in [0.25, 0.3) is 10.2 Å². The predicted molar refractivity (Wildman–Crippen MR) is 88.9 cm³/mol. The number of aromatic nitrogens is 2. The Labute approximate surface area is 131 Å². The first-order chi connectivity index (χ1) is 10.5. The lowest BCUT2D eigenvalue weighted by Crippen LogP contribution is -2.25. The van der Waals surface area contributed by atoms with Gasteiger partial charge in [-0.3, -0.25) is 9.59 Å². The standard InChI is InChI=1S/C16H15N3O2S/c1-9-12-14(20)17-10(2)18-15(12)22-13(9)16(21)19(3)11-7-5-4-6-8-11/h4-8H,1-3H3,(H,17,18,20). The minimum Gasteiger partial charge on any atom is -0.311 e. The van der Waals surface area contributed by atoms with E-state index in [0.717, 1.165) is 5.69 Å². The fraction of sp³-hybridized carbons (Fsp3) is 0.188. The first kappa shape index (κ1) is 14.5. The third-order valence-corrected chi connectivity index (χ3v) is 4.74. The summed E-state index contributed by atoms with van der Waals surface area (Å²) in [6.45, 7) is 3.52.